The van der Waals surface area contributed by atoms with Crippen LogP contribution in [0.3, 0.4) is 0 Å². The molecular weight excluding hydrogens is 405 g/mol. The van der Waals surface area contributed by atoms with Crippen molar-refractivity contribution in [3.63, 3.8) is 0 Å². The third kappa shape index (κ3) is 2.51. The number of carbonyl (C=O) groups is 3. The van der Waals surface area contributed by atoms with E-state index < -0.39 is 29.2 Å². The van der Waals surface area contributed by atoms with E-state index in [2.05, 4.69) is 10.5 Å². The average Bonchev–Trinajstić information content (AvgIpc) is 3.19. The molecule has 1 fully saturated rings. The van der Waals surface area contributed by atoms with E-state index >= 15 is 0 Å². The number of ether oxygens (including phenoxy) is 1. The molecule has 2 aromatic rings. The van der Waals surface area contributed by atoms with E-state index in [1.54, 1.807) is 48.5 Å². The molecule has 2 aliphatic heterocycles. The second-order valence-electron chi connectivity index (χ2n) is 6.30. The van der Waals surface area contributed by atoms with Crippen LogP contribution in [-0.2, 0) is 24.7 Å². The van der Waals surface area contributed by atoms with Crippen molar-refractivity contribution in [2.24, 2.45) is 11.0 Å². The van der Waals surface area contributed by atoms with Crippen molar-refractivity contribution in [1.82, 2.24) is 5.43 Å². The van der Waals surface area contributed by atoms with Crippen LogP contribution in [0, 0.1) is 5.92 Å². The van der Waals surface area contributed by atoms with Gasteiger partial charge in [0.15, 0.2) is 11.3 Å². The molecule has 28 heavy (non-hydrogen) atoms. The van der Waals surface area contributed by atoms with Crippen LogP contribution < -0.4 is 10.3 Å². The highest BCUT2D eigenvalue weighted by atomic mass is 35.5. The zero-order chi connectivity index (χ0) is 20.1. The van der Waals surface area contributed by atoms with Crippen molar-refractivity contribution in [2.45, 2.75) is 5.54 Å². The number of nitrogens with one attached hydrogen (secondary N) is 1. The maximum atomic E-state index is 13.5. The largest absolute Gasteiger partial charge is 0.464 e. The molecule has 2 aromatic carbocycles. The number of rotatable bonds is 3. The van der Waals surface area contributed by atoms with Crippen LogP contribution in [0.5, 0.6) is 0 Å². The van der Waals surface area contributed by atoms with Crippen LogP contribution in [0.15, 0.2) is 53.6 Å². The summed E-state index contributed by atoms with van der Waals surface area (Å²) in [6, 6.07) is 12.7. The first-order valence-corrected chi connectivity index (χ1v) is 8.99. The van der Waals surface area contributed by atoms with Crippen molar-refractivity contribution in [1.29, 1.82) is 0 Å². The normalized spacial score (nSPS) is 23.3. The van der Waals surface area contributed by atoms with Crippen LogP contribution >= 0.6 is 23.2 Å². The van der Waals surface area contributed by atoms with Crippen LogP contribution in [0.4, 0.5) is 5.69 Å². The minimum atomic E-state index is -1.56. The molecule has 0 unspecified atom stereocenters. The van der Waals surface area contributed by atoms with Crippen molar-refractivity contribution in [3.8, 4) is 0 Å². The Hall–Kier alpha value is -2.90. The Morgan fingerprint density at radius 1 is 1.07 bits per heavy atom. The number of amides is 2. The number of esters is 1. The fourth-order valence-corrected chi connectivity index (χ4v) is 3.78. The summed E-state index contributed by atoms with van der Waals surface area (Å²) in [5, 5.41) is 4.91. The first kappa shape index (κ1) is 18.5. The molecule has 2 aliphatic rings. The van der Waals surface area contributed by atoms with Gasteiger partial charge in [-0.15, -0.1) is 0 Å². The van der Waals surface area contributed by atoms with Gasteiger partial charge in [-0.1, -0.05) is 35.3 Å². The van der Waals surface area contributed by atoms with E-state index in [1.165, 1.54) is 7.11 Å². The number of hydrazone groups is 1. The number of benzene rings is 2. The van der Waals surface area contributed by atoms with Gasteiger partial charge in [-0.05, 0) is 42.0 Å². The van der Waals surface area contributed by atoms with Gasteiger partial charge in [0.05, 0.1) is 12.8 Å². The van der Waals surface area contributed by atoms with Gasteiger partial charge in [0.1, 0.15) is 5.92 Å². The monoisotopic (exact) mass is 417 g/mol. The molecule has 0 radical (unpaired) electrons. The third-order valence-electron chi connectivity index (χ3n) is 4.85. The Morgan fingerprint density at radius 2 is 1.64 bits per heavy atom. The summed E-state index contributed by atoms with van der Waals surface area (Å²) in [5.41, 5.74) is 1.80. The number of fused-ring (bicyclic) bond motifs is 1. The van der Waals surface area contributed by atoms with Crippen molar-refractivity contribution in [3.05, 3.63) is 64.1 Å². The van der Waals surface area contributed by atoms with E-state index in [0.29, 0.717) is 21.3 Å². The second-order valence-corrected chi connectivity index (χ2v) is 7.18. The van der Waals surface area contributed by atoms with Gasteiger partial charge in [0.25, 0.3) is 5.91 Å². The SMILES string of the molecule is COC(=O)C1=NN[C@@]2(c3ccc(Cl)cc3)C(=O)N(c3ccc(Cl)cc3)C(=O)[C@@H]12. The first-order chi connectivity index (χ1) is 13.4. The Kier molecular flexibility index (Phi) is 4.36. The standard InChI is InChI=1S/C19H13Cl2N3O4/c1-28-17(26)15-14-16(25)24(13-8-6-12(21)7-9-13)18(27)19(14,23-22-15)10-2-4-11(20)5-3-10/h2-9,14,23H,1H3/t14-,19-/m1/s1. The molecule has 2 amide bonds. The number of anilines is 1. The molecular formula is C19H13Cl2N3O4. The van der Waals surface area contributed by atoms with Gasteiger partial charge in [-0.3, -0.25) is 15.0 Å². The molecule has 1 N–H and O–H groups in total. The quantitative estimate of drug-likeness (QED) is 0.612. The second kappa shape index (κ2) is 6.61. The number of methoxy groups -OCH3 is 1. The summed E-state index contributed by atoms with van der Waals surface area (Å²) >= 11 is 11.9. The Bertz CT molecular complexity index is 1020. The fourth-order valence-electron chi connectivity index (χ4n) is 3.53. The van der Waals surface area contributed by atoms with Crippen LogP contribution in [0.1, 0.15) is 5.56 Å². The van der Waals surface area contributed by atoms with E-state index in [-0.39, 0.29) is 5.71 Å². The molecule has 0 spiro atoms. The maximum Gasteiger partial charge on any atom is 0.355 e. The minimum Gasteiger partial charge on any atom is -0.464 e. The summed E-state index contributed by atoms with van der Waals surface area (Å²) in [6.07, 6.45) is 0. The summed E-state index contributed by atoms with van der Waals surface area (Å²) in [5.74, 6) is -3.11. The van der Waals surface area contributed by atoms with Gasteiger partial charge in [-0.25, -0.2) is 9.69 Å². The molecule has 0 aromatic heterocycles. The molecule has 0 saturated carbocycles. The van der Waals surface area contributed by atoms with Crippen molar-refractivity contribution < 1.29 is 19.1 Å². The number of nitrogens with zero attached hydrogens (tertiary/aromatic N) is 2. The van der Waals surface area contributed by atoms with E-state index in [1.807, 2.05) is 0 Å². The lowest BCUT2D eigenvalue weighted by Gasteiger charge is -2.26. The first-order valence-electron chi connectivity index (χ1n) is 8.23. The predicted molar refractivity (Wildman–Crippen MR) is 103 cm³/mol. The molecule has 142 valence electrons. The molecule has 0 bridgehead atoms. The molecule has 1 saturated heterocycles. The van der Waals surface area contributed by atoms with Gasteiger partial charge in [0, 0.05) is 10.0 Å². The average molecular weight is 418 g/mol. The number of carbonyl (C=O) groups excluding carboxylic acids is 3. The van der Waals surface area contributed by atoms with Crippen molar-refractivity contribution >= 4 is 52.4 Å². The van der Waals surface area contributed by atoms with E-state index in [4.69, 9.17) is 27.9 Å². The smallest absolute Gasteiger partial charge is 0.355 e. The highest BCUT2D eigenvalue weighted by molar-refractivity contribution is 6.47. The maximum absolute atomic E-state index is 13.5. The molecule has 9 heteroatoms. The molecule has 4 rings (SSSR count). The predicted octanol–water partition coefficient (Wildman–Crippen LogP) is 2.51. The molecule has 2 heterocycles. The summed E-state index contributed by atoms with van der Waals surface area (Å²) in [6.45, 7) is 0. The van der Waals surface area contributed by atoms with Gasteiger partial charge in [0.2, 0.25) is 5.91 Å². The molecule has 7 nitrogen and oxygen atoms in total. The van der Waals surface area contributed by atoms with Crippen LogP contribution in [0.25, 0.3) is 0 Å². The van der Waals surface area contributed by atoms with Crippen LogP contribution in [-0.4, -0.2) is 30.6 Å². The van der Waals surface area contributed by atoms with E-state index in [9.17, 15) is 14.4 Å². The van der Waals surface area contributed by atoms with Gasteiger partial charge >= 0.3 is 5.97 Å². The van der Waals surface area contributed by atoms with Crippen LogP contribution in [0.2, 0.25) is 10.0 Å². The number of hydrogen-bond acceptors (Lipinski definition) is 6. The summed E-state index contributed by atoms with van der Waals surface area (Å²) < 4.78 is 4.75. The lowest BCUT2D eigenvalue weighted by molar-refractivity contribution is -0.133. The summed E-state index contributed by atoms with van der Waals surface area (Å²) in [4.78, 5) is 40.0. The van der Waals surface area contributed by atoms with Gasteiger partial charge in [-0.2, -0.15) is 5.10 Å². The highest BCUT2D eigenvalue weighted by Gasteiger charge is 2.67. The number of imide groups is 1. The lowest BCUT2D eigenvalue weighted by Crippen LogP contribution is -2.48. The zero-order valence-electron chi connectivity index (χ0n) is 14.5. The Labute approximate surface area is 169 Å². The van der Waals surface area contributed by atoms with E-state index in [0.717, 1.165) is 4.90 Å². The highest BCUT2D eigenvalue weighted by Crippen LogP contribution is 2.45. The Morgan fingerprint density at radius 3 is 2.21 bits per heavy atom. The third-order valence-corrected chi connectivity index (χ3v) is 5.35. The van der Waals surface area contributed by atoms with Gasteiger partial charge < -0.3 is 4.74 Å². The topological polar surface area (TPSA) is 88.1 Å². The molecule has 2 atom stereocenters. The minimum absolute atomic E-state index is 0.160. The molecule has 0 aliphatic carbocycles. The summed E-state index contributed by atoms with van der Waals surface area (Å²) in [7, 11) is 1.19. The van der Waals surface area contributed by atoms with Crippen molar-refractivity contribution in [2.75, 3.05) is 12.0 Å². The Balaban J connectivity index is 1.88. The zero-order valence-corrected chi connectivity index (χ0v) is 16.0. The number of hydrogen-bond donors (Lipinski definition) is 1. The number of halogens is 2. The lowest BCUT2D eigenvalue weighted by atomic mass is 9.79. The fraction of sp³-hybridized carbons (Fsp3) is 0.158.